The van der Waals surface area contributed by atoms with Crippen LogP contribution in [0, 0.1) is 5.82 Å². The topological polar surface area (TPSA) is 65.0 Å². The fraction of sp³-hybridized carbons (Fsp3) is 0.118. The van der Waals surface area contributed by atoms with Crippen LogP contribution in [-0.2, 0) is 16.9 Å². The van der Waals surface area contributed by atoms with Crippen LogP contribution in [0.3, 0.4) is 0 Å². The first-order valence-corrected chi connectivity index (χ1v) is 10.5. The van der Waals surface area contributed by atoms with E-state index in [0.29, 0.717) is 11.3 Å². The molecule has 3 aromatic rings. The van der Waals surface area contributed by atoms with Gasteiger partial charge in [-0.05, 0) is 29.3 Å². The van der Waals surface area contributed by atoms with E-state index >= 15 is 0 Å². The number of fused-ring (bicyclic) bond motifs is 1. The van der Waals surface area contributed by atoms with Gasteiger partial charge in [0.1, 0.15) is 12.5 Å². The zero-order valence-corrected chi connectivity index (χ0v) is 17.4. The van der Waals surface area contributed by atoms with Crippen LogP contribution in [0.15, 0.2) is 60.8 Å². The molecule has 124 valence electrons. The number of hydrogen-bond donors (Lipinski definition) is 1. The first-order chi connectivity index (χ1) is 11.5. The smallest absolute Gasteiger partial charge is 0.780 e. The molecule has 3 rings (SSSR count). The zero-order chi connectivity index (χ0) is 17.0. The number of para-hydroxylation sites is 1. The van der Waals surface area contributed by atoms with Crippen molar-refractivity contribution in [2.75, 3.05) is 0 Å². The van der Waals surface area contributed by atoms with Crippen molar-refractivity contribution in [3.63, 3.8) is 0 Å². The third kappa shape index (κ3) is 5.90. The van der Waals surface area contributed by atoms with Gasteiger partial charge in [-0.1, -0.05) is 47.8 Å². The van der Waals surface area contributed by atoms with Crippen LogP contribution in [0.5, 0.6) is 0 Å². The first-order valence-electron chi connectivity index (χ1n) is 7.31. The van der Waals surface area contributed by atoms with Gasteiger partial charge in [-0.3, -0.25) is 10.1 Å². The molecule has 0 bridgehead atoms. The fourth-order valence-electron chi connectivity index (χ4n) is 2.27. The molecule has 0 saturated carbocycles. The third-order valence-corrected chi connectivity index (χ3v) is 6.62. The van der Waals surface area contributed by atoms with Gasteiger partial charge >= 0.3 is 29.6 Å². The number of nitrogens with zero attached hydrogens (tertiary/aromatic N) is 1. The van der Waals surface area contributed by atoms with E-state index in [9.17, 15) is 13.8 Å². The minimum Gasteiger partial charge on any atom is -0.780 e. The van der Waals surface area contributed by atoms with E-state index in [-0.39, 0.29) is 41.9 Å². The van der Waals surface area contributed by atoms with Gasteiger partial charge in [0.25, 0.3) is 0 Å². The van der Waals surface area contributed by atoms with E-state index in [2.05, 4.69) is 10.1 Å². The monoisotopic (exact) mass is 384 g/mol. The standard InChI is InChI=1S/C17H16FN2O2PS.Na/c18-16-8-6-13(7-9-16)11-20-23(21,22)24-12-15-4-1-3-14-5-2-10-19-17(14)15;/h1-10H,11-12H2,(H2,20,21,22);/q;+1/p-1. The summed E-state index contributed by atoms with van der Waals surface area (Å²) in [6.07, 6.45) is 1.69. The Bertz CT molecular complexity index is 890. The molecule has 0 aliphatic heterocycles. The maximum absolute atomic E-state index is 12.9. The van der Waals surface area contributed by atoms with Crippen LogP contribution >= 0.6 is 18.1 Å². The van der Waals surface area contributed by atoms with E-state index < -0.39 is 6.72 Å². The van der Waals surface area contributed by atoms with Crippen molar-refractivity contribution in [2.24, 2.45) is 0 Å². The first kappa shape index (κ1) is 20.6. The van der Waals surface area contributed by atoms with Crippen molar-refractivity contribution in [1.29, 1.82) is 0 Å². The third-order valence-electron chi connectivity index (χ3n) is 3.50. The molecular formula is C17H15FN2NaO2PS. The summed E-state index contributed by atoms with van der Waals surface area (Å²) in [7, 11) is 0. The number of benzene rings is 2. The second-order valence-electron chi connectivity index (χ2n) is 5.22. The Hall–Kier alpha value is -0.720. The van der Waals surface area contributed by atoms with E-state index in [1.807, 2.05) is 30.3 Å². The summed E-state index contributed by atoms with van der Waals surface area (Å²) < 4.78 is 25.0. The molecular weight excluding hydrogens is 369 g/mol. The second-order valence-corrected chi connectivity index (χ2v) is 9.30. The predicted octanol–water partition coefficient (Wildman–Crippen LogP) is 0.869. The Kier molecular flexibility index (Phi) is 7.65. The zero-order valence-electron chi connectivity index (χ0n) is 13.7. The number of hydrogen-bond acceptors (Lipinski definition) is 4. The van der Waals surface area contributed by atoms with Gasteiger partial charge in [0, 0.05) is 23.9 Å². The quantitative estimate of drug-likeness (QED) is 0.505. The molecule has 0 aliphatic carbocycles. The minimum absolute atomic E-state index is 0. The molecule has 0 amide bonds. The molecule has 0 radical (unpaired) electrons. The van der Waals surface area contributed by atoms with Crippen molar-refractivity contribution in [2.45, 2.75) is 12.3 Å². The fourth-order valence-corrected chi connectivity index (χ4v) is 4.68. The van der Waals surface area contributed by atoms with Crippen molar-refractivity contribution >= 4 is 29.0 Å². The van der Waals surface area contributed by atoms with Gasteiger partial charge in [0.15, 0.2) is 0 Å². The summed E-state index contributed by atoms with van der Waals surface area (Å²) in [4.78, 5) is 16.5. The van der Waals surface area contributed by atoms with Crippen molar-refractivity contribution < 1.29 is 43.4 Å². The SMILES string of the molecule is O=P([O-])(NCc1ccc(F)cc1)SCc1cccc2cccnc12.[Na+]. The molecule has 4 nitrogen and oxygen atoms in total. The molecule has 0 spiro atoms. The average molecular weight is 384 g/mol. The Labute approximate surface area is 171 Å². The van der Waals surface area contributed by atoms with Crippen LogP contribution in [0.1, 0.15) is 11.1 Å². The number of pyridine rings is 1. The summed E-state index contributed by atoms with van der Waals surface area (Å²) in [6.45, 7) is -3.68. The van der Waals surface area contributed by atoms with E-state index in [0.717, 1.165) is 27.8 Å². The van der Waals surface area contributed by atoms with Crippen LogP contribution in [0.25, 0.3) is 10.9 Å². The van der Waals surface area contributed by atoms with Crippen molar-refractivity contribution in [1.82, 2.24) is 10.1 Å². The Morgan fingerprint density at radius 3 is 2.60 bits per heavy atom. The molecule has 25 heavy (non-hydrogen) atoms. The summed E-state index contributed by atoms with van der Waals surface area (Å²) >= 11 is 0.844. The normalized spacial score (nSPS) is 13.2. The Balaban J connectivity index is 0.00000225. The van der Waals surface area contributed by atoms with Crippen LogP contribution < -0.4 is 39.5 Å². The molecule has 0 aliphatic rings. The number of rotatable bonds is 6. The summed E-state index contributed by atoms with van der Waals surface area (Å²) in [5, 5.41) is 3.52. The summed E-state index contributed by atoms with van der Waals surface area (Å²) in [6, 6.07) is 15.2. The molecule has 2 aromatic carbocycles. The molecule has 0 fully saturated rings. The van der Waals surface area contributed by atoms with Crippen LogP contribution in [-0.4, -0.2) is 4.98 Å². The predicted molar refractivity (Wildman–Crippen MR) is 93.9 cm³/mol. The molecule has 0 saturated heterocycles. The molecule has 1 N–H and O–H groups in total. The van der Waals surface area contributed by atoms with Gasteiger partial charge < -0.3 is 9.46 Å². The van der Waals surface area contributed by atoms with Crippen LogP contribution in [0.4, 0.5) is 4.39 Å². The van der Waals surface area contributed by atoms with Gasteiger partial charge in [0.05, 0.1) is 5.52 Å². The Morgan fingerprint density at radius 1 is 1.12 bits per heavy atom. The van der Waals surface area contributed by atoms with Crippen molar-refractivity contribution in [3.8, 4) is 0 Å². The van der Waals surface area contributed by atoms with Crippen molar-refractivity contribution in [3.05, 3.63) is 77.7 Å². The summed E-state index contributed by atoms with van der Waals surface area (Å²) in [5.41, 5.74) is 2.39. The maximum Gasteiger partial charge on any atom is 1.00 e. The van der Waals surface area contributed by atoms with Gasteiger partial charge in [0.2, 0.25) is 0 Å². The average Bonchev–Trinajstić information content (AvgIpc) is 2.59. The molecule has 8 heteroatoms. The molecule has 1 atom stereocenters. The maximum atomic E-state index is 12.9. The van der Waals surface area contributed by atoms with Gasteiger partial charge in [-0.25, -0.2) is 4.39 Å². The number of aromatic nitrogens is 1. The summed E-state index contributed by atoms with van der Waals surface area (Å²) in [5.74, 6) is -0.0344. The van der Waals surface area contributed by atoms with Gasteiger partial charge in [-0.2, -0.15) is 0 Å². The molecule has 1 heterocycles. The number of nitrogens with one attached hydrogen (secondary N) is 1. The second kappa shape index (κ2) is 9.28. The van der Waals surface area contributed by atoms with E-state index in [4.69, 9.17) is 0 Å². The molecule has 1 aromatic heterocycles. The Morgan fingerprint density at radius 2 is 1.84 bits per heavy atom. The van der Waals surface area contributed by atoms with Crippen LogP contribution in [0.2, 0.25) is 0 Å². The number of halogens is 1. The minimum atomic E-state index is -3.82. The largest absolute Gasteiger partial charge is 1.00 e. The van der Waals surface area contributed by atoms with E-state index in [1.165, 1.54) is 12.1 Å². The molecule has 1 unspecified atom stereocenters. The van der Waals surface area contributed by atoms with Gasteiger partial charge in [-0.15, -0.1) is 0 Å². The van der Waals surface area contributed by atoms with E-state index in [1.54, 1.807) is 18.3 Å².